The van der Waals surface area contributed by atoms with Crippen molar-refractivity contribution < 1.29 is 57.8 Å². The minimum absolute atomic E-state index is 0.0386. The van der Waals surface area contributed by atoms with Crippen LogP contribution in [0.4, 0.5) is 10.5 Å². The van der Waals surface area contributed by atoms with Crippen LogP contribution in [0.5, 0.6) is 17.2 Å². The first-order valence-electron chi connectivity index (χ1n) is 25.4. The van der Waals surface area contributed by atoms with Crippen molar-refractivity contribution in [1.82, 2.24) is 9.80 Å². The molecule has 3 fully saturated rings. The Kier molecular flexibility index (Phi) is 14.5. The van der Waals surface area contributed by atoms with Crippen molar-refractivity contribution in [2.45, 2.75) is 86.7 Å². The maximum atomic E-state index is 16.8. The van der Waals surface area contributed by atoms with E-state index >= 15 is 14.4 Å². The molecule has 384 valence electrons. The van der Waals surface area contributed by atoms with Crippen molar-refractivity contribution >= 4 is 29.6 Å². The number of morpholine rings is 1. The van der Waals surface area contributed by atoms with Crippen molar-refractivity contribution in [1.29, 1.82) is 0 Å². The minimum Gasteiger partial charge on any atom is -0.493 e. The maximum absolute atomic E-state index is 16.8. The molecule has 2 N–H and O–H groups in total. The van der Waals surface area contributed by atoms with Gasteiger partial charge in [0, 0.05) is 31.3 Å². The highest BCUT2D eigenvalue weighted by molar-refractivity contribution is 6.23. The number of para-hydroxylation sites is 1. The number of aliphatic hydroxyl groups is 2. The van der Waals surface area contributed by atoms with Crippen LogP contribution in [0.1, 0.15) is 95.7 Å². The summed E-state index contributed by atoms with van der Waals surface area (Å²) in [7, 11) is 4.57. The lowest BCUT2D eigenvalue weighted by molar-refractivity contribution is -0.179. The first-order valence-corrected chi connectivity index (χ1v) is 25.4. The van der Waals surface area contributed by atoms with Gasteiger partial charge < -0.3 is 43.5 Å². The molecule has 0 bridgehead atoms. The van der Waals surface area contributed by atoms with Gasteiger partial charge in [0.25, 0.3) is 0 Å². The average molecular weight is 1000 g/mol. The first-order chi connectivity index (χ1) is 36.1. The van der Waals surface area contributed by atoms with Gasteiger partial charge in [-0.2, -0.15) is 0 Å². The summed E-state index contributed by atoms with van der Waals surface area (Å²) in [6.45, 7) is -0.310. The number of fused-ring (bicyclic) bond motifs is 4. The summed E-state index contributed by atoms with van der Waals surface area (Å²) in [6.07, 6.45) is 3.05. The molecule has 1 aliphatic carbocycles. The summed E-state index contributed by atoms with van der Waals surface area (Å²) < 4.78 is 35.5. The zero-order valence-electron chi connectivity index (χ0n) is 41.9. The highest BCUT2D eigenvalue weighted by Gasteiger charge is 2.76. The highest BCUT2D eigenvalue weighted by atomic mass is 16.6. The van der Waals surface area contributed by atoms with Crippen molar-refractivity contribution in [3.8, 4) is 29.1 Å². The van der Waals surface area contributed by atoms with Gasteiger partial charge in [-0.3, -0.25) is 19.3 Å². The number of amides is 3. The third-order valence-electron chi connectivity index (χ3n) is 15.4. The number of imide groups is 1. The lowest BCUT2D eigenvalue weighted by Gasteiger charge is -2.46. The van der Waals surface area contributed by atoms with Crippen LogP contribution >= 0.6 is 0 Å². The summed E-state index contributed by atoms with van der Waals surface area (Å²) in [5.41, 5.74) is 0.968. The molecule has 4 heterocycles. The zero-order valence-corrected chi connectivity index (χ0v) is 41.9. The molecular weight excluding hydrogens is 943 g/mol. The molecule has 0 aromatic heterocycles. The van der Waals surface area contributed by atoms with Crippen LogP contribution in [0.15, 0.2) is 115 Å². The van der Waals surface area contributed by atoms with Gasteiger partial charge >= 0.3 is 12.1 Å². The second-order valence-corrected chi connectivity index (χ2v) is 19.5. The van der Waals surface area contributed by atoms with E-state index in [4.69, 9.17) is 28.4 Å². The topological polar surface area (TPSA) is 174 Å². The summed E-state index contributed by atoms with van der Waals surface area (Å²) in [5.74, 6) is 4.07. The Bertz CT molecular complexity index is 2970. The number of esters is 1. The van der Waals surface area contributed by atoms with E-state index in [9.17, 15) is 15.0 Å². The Morgan fingerprint density at radius 1 is 0.757 bits per heavy atom. The lowest BCUT2D eigenvalue weighted by atomic mass is 9.64. The number of rotatable bonds is 12. The van der Waals surface area contributed by atoms with Gasteiger partial charge in [-0.25, -0.2) is 9.69 Å². The van der Waals surface area contributed by atoms with E-state index in [-0.39, 0.29) is 56.5 Å². The van der Waals surface area contributed by atoms with Crippen molar-refractivity contribution in [3.05, 3.63) is 154 Å². The molecule has 0 unspecified atom stereocenters. The molecule has 0 radical (unpaired) electrons. The van der Waals surface area contributed by atoms with Crippen LogP contribution in [0.3, 0.4) is 0 Å². The normalized spacial score (nSPS) is 23.9. The number of ether oxygens (including phenoxy) is 6. The number of hydrogen-bond acceptors (Lipinski definition) is 13. The van der Waals surface area contributed by atoms with Crippen LogP contribution < -0.4 is 19.1 Å². The summed E-state index contributed by atoms with van der Waals surface area (Å²) in [6, 6.07) is 31.2. The van der Waals surface area contributed by atoms with Crippen molar-refractivity contribution in [2.75, 3.05) is 59.2 Å². The monoisotopic (exact) mass is 1000 g/mol. The molecule has 5 aromatic carbocycles. The Hall–Kier alpha value is -7.22. The number of carbonyl (C=O) groups is 4. The van der Waals surface area contributed by atoms with E-state index in [1.807, 2.05) is 77.7 Å². The number of cyclic esters (lactones) is 1. The summed E-state index contributed by atoms with van der Waals surface area (Å²) in [4.78, 5) is 68.6. The smallest absolute Gasteiger partial charge is 0.421 e. The van der Waals surface area contributed by atoms with Crippen molar-refractivity contribution in [3.63, 3.8) is 0 Å². The minimum atomic E-state index is -2.14. The lowest BCUT2D eigenvalue weighted by Crippen LogP contribution is -2.57. The van der Waals surface area contributed by atoms with E-state index in [1.165, 1.54) is 7.11 Å². The van der Waals surface area contributed by atoms with E-state index in [0.29, 0.717) is 47.5 Å². The van der Waals surface area contributed by atoms with Crippen LogP contribution in [0.2, 0.25) is 0 Å². The Morgan fingerprint density at radius 2 is 1.43 bits per heavy atom. The van der Waals surface area contributed by atoms with Crippen LogP contribution in [-0.4, -0.2) is 110 Å². The molecule has 3 amide bonds. The number of aliphatic hydroxyl groups excluding tert-OH is 1. The molecule has 4 aliphatic heterocycles. The van der Waals surface area contributed by atoms with Gasteiger partial charge in [-0.15, -0.1) is 0 Å². The summed E-state index contributed by atoms with van der Waals surface area (Å²) in [5, 5.41) is 22.0. The van der Waals surface area contributed by atoms with Crippen LogP contribution in [0.25, 0.3) is 0 Å². The molecular formula is C59H61N3O12. The molecule has 15 heteroatoms. The Morgan fingerprint density at radius 3 is 2.12 bits per heavy atom. The van der Waals surface area contributed by atoms with E-state index < -0.39 is 65.0 Å². The first kappa shape index (κ1) is 50.3. The van der Waals surface area contributed by atoms with Gasteiger partial charge in [-0.05, 0) is 96.3 Å². The zero-order chi connectivity index (χ0) is 51.6. The largest absolute Gasteiger partial charge is 0.493 e. The maximum Gasteiger partial charge on any atom is 0.421 e. The Balaban J connectivity index is 1.28. The molecule has 2 saturated heterocycles. The fourth-order valence-corrected chi connectivity index (χ4v) is 12.1. The van der Waals surface area contributed by atoms with Gasteiger partial charge in [0.15, 0.2) is 11.5 Å². The van der Waals surface area contributed by atoms with Gasteiger partial charge in [0.1, 0.15) is 42.1 Å². The van der Waals surface area contributed by atoms with Crippen LogP contribution in [-0.2, 0) is 47.0 Å². The number of benzene rings is 5. The highest BCUT2D eigenvalue weighted by Crippen LogP contribution is 2.67. The van der Waals surface area contributed by atoms with Gasteiger partial charge in [0.2, 0.25) is 11.8 Å². The van der Waals surface area contributed by atoms with Gasteiger partial charge in [0.05, 0.1) is 51.1 Å². The van der Waals surface area contributed by atoms with Crippen LogP contribution in [0, 0.1) is 17.8 Å². The summed E-state index contributed by atoms with van der Waals surface area (Å²) >= 11 is 0. The SMILES string of the molecule is COCCOC(=O)N1C(=O)[C@@]2(c3cc(C#CC4(O)CCCCCC4)ccc31)[C@H](c1ccccc1OCCO)N1[C@H](c3ccccc3)[C@H](c3ccccc3)OC(=O)[C@H]1[C@@H]2C(=O)N1CCc2cc(OC)c(OC)cc2C1. The number of anilines is 1. The van der Waals surface area contributed by atoms with Crippen molar-refractivity contribution in [2.24, 2.45) is 5.92 Å². The predicted molar refractivity (Wildman–Crippen MR) is 272 cm³/mol. The molecule has 5 aliphatic rings. The third kappa shape index (κ3) is 8.93. The standard InChI is InChI=1S/C59H61N3O12/c1-69-32-33-73-57(67)61-45-23-22-38(24-28-58(68)26-14-4-5-15-27-58)34-44(45)59(56(61)66)49(54(64)60-29-25-41-35-47(70-2)48(71-3)36-42(41)37-60)51-55(65)74-52(40-18-10-7-11-19-40)50(39-16-8-6-9-17-39)62(51)53(59)43-20-12-13-21-46(43)72-31-30-63/h6-13,16-23,34-36,49-53,63,68H,4-5,14-15,25-27,29-33,37H2,1-3H3/t49-,50-,51-,52+,53+,59-/m1/s1. The molecule has 5 aromatic rings. The predicted octanol–water partition coefficient (Wildman–Crippen LogP) is 7.55. The number of nitrogens with zero attached hydrogens (tertiary/aromatic N) is 3. The molecule has 1 saturated carbocycles. The average Bonchev–Trinajstić information content (AvgIpc) is 3.77. The number of carbonyl (C=O) groups excluding carboxylic acids is 4. The number of hydrogen-bond donors (Lipinski definition) is 2. The molecule has 1 spiro atoms. The second kappa shape index (κ2) is 21.3. The molecule has 15 nitrogen and oxygen atoms in total. The quantitative estimate of drug-likeness (QED) is 0.0544. The number of methoxy groups -OCH3 is 3. The second-order valence-electron chi connectivity index (χ2n) is 19.5. The molecule has 6 atom stereocenters. The van der Waals surface area contributed by atoms with E-state index in [1.54, 1.807) is 61.6 Å². The molecule has 10 rings (SSSR count). The molecule has 74 heavy (non-hydrogen) atoms. The van der Waals surface area contributed by atoms with Gasteiger partial charge in [-0.1, -0.05) is 104 Å². The fourth-order valence-electron chi connectivity index (χ4n) is 12.1. The fraction of sp³-hybridized carbons (Fsp3) is 0.390. The van der Waals surface area contributed by atoms with E-state index in [0.717, 1.165) is 47.3 Å². The Labute approximate surface area is 430 Å². The van der Waals surface area contributed by atoms with E-state index in [2.05, 4.69) is 11.8 Å². The third-order valence-corrected chi connectivity index (χ3v) is 15.4.